The quantitative estimate of drug-likeness (QED) is 0.297. The first kappa shape index (κ1) is 17.8. The molecule has 6 heteroatoms. The molecular formula is C25H15F2N2O2+. The Morgan fingerprint density at radius 3 is 2.61 bits per heavy atom. The summed E-state index contributed by atoms with van der Waals surface area (Å²) in [6.07, 6.45) is 1.54. The van der Waals surface area contributed by atoms with Crippen LogP contribution in [0.25, 0.3) is 44.1 Å². The molecule has 0 atom stereocenters. The van der Waals surface area contributed by atoms with E-state index in [-0.39, 0.29) is 11.4 Å². The first-order valence-corrected chi connectivity index (χ1v) is 9.77. The molecule has 31 heavy (non-hydrogen) atoms. The molecule has 5 aromatic rings. The highest BCUT2D eigenvalue weighted by Crippen LogP contribution is 2.47. The second-order valence-corrected chi connectivity index (χ2v) is 7.59. The number of aromatic amines is 1. The molecule has 4 nitrogen and oxygen atoms in total. The van der Waals surface area contributed by atoms with Crippen molar-refractivity contribution in [2.45, 2.75) is 0 Å². The monoisotopic (exact) mass is 413 g/mol. The van der Waals surface area contributed by atoms with Gasteiger partial charge in [-0.2, -0.15) is 4.57 Å². The molecule has 150 valence electrons. The van der Waals surface area contributed by atoms with Crippen molar-refractivity contribution in [3.63, 3.8) is 0 Å². The van der Waals surface area contributed by atoms with Crippen molar-refractivity contribution in [2.75, 3.05) is 0 Å². The van der Waals surface area contributed by atoms with Crippen LogP contribution in [0.1, 0.15) is 0 Å². The Morgan fingerprint density at radius 2 is 1.77 bits per heavy atom. The fourth-order valence-electron chi connectivity index (χ4n) is 4.49. The number of aromatic nitrogens is 2. The van der Waals surface area contributed by atoms with Crippen LogP contribution in [-0.2, 0) is 7.05 Å². The molecule has 1 aliphatic rings. The van der Waals surface area contributed by atoms with Gasteiger partial charge in [-0.1, -0.05) is 12.1 Å². The number of fused-ring (bicyclic) bond motifs is 4. The summed E-state index contributed by atoms with van der Waals surface area (Å²) in [5.41, 5.74) is 2.47. The van der Waals surface area contributed by atoms with Crippen LogP contribution in [0.3, 0.4) is 0 Å². The highest BCUT2D eigenvalue weighted by Gasteiger charge is 2.31. The molecule has 0 aliphatic carbocycles. The average molecular weight is 413 g/mol. The Labute approximate surface area is 175 Å². The average Bonchev–Trinajstić information content (AvgIpc) is 2.76. The number of hydrogen-bond acceptors (Lipinski definition) is 2. The molecule has 3 heterocycles. The van der Waals surface area contributed by atoms with Gasteiger partial charge in [0.05, 0.1) is 16.3 Å². The van der Waals surface area contributed by atoms with E-state index in [0.717, 1.165) is 11.1 Å². The van der Waals surface area contributed by atoms with E-state index in [2.05, 4.69) is 4.98 Å². The normalized spacial score (nSPS) is 12.1. The zero-order valence-electron chi connectivity index (χ0n) is 16.4. The molecule has 0 unspecified atom stereocenters. The number of nitrogens with zero attached hydrogens (tertiary/aromatic N) is 1. The lowest BCUT2D eigenvalue weighted by Crippen LogP contribution is -2.33. The van der Waals surface area contributed by atoms with Crippen LogP contribution in [0.4, 0.5) is 8.78 Å². The molecule has 3 aromatic carbocycles. The van der Waals surface area contributed by atoms with E-state index in [9.17, 15) is 9.18 Å². The summed E-state index contributed by atoms with van der Waals surface area (Å²) >= 11 is 0. The highest BCUT2D eigenvalue weighted by molar-refractivity contribution is 6.13. The minimum absolute atomic E-state index is 0.297. The standard InChI is InChI=1S/C25H14F2N2O2/c1-29-19-11-13(15-5-3-9-28-25(15)30)10-18(27)22(19)16-4-2-6-21-23(16)24(29)17-12-14(26)7-8-20(17)31-21/h2-12H,1H3/p+1. The van der Waals surface area contributed by atoms with Crippen LogP contribution in [0.15, 0.2) is 71.7 Å². The van der Waals surface area contributed by atoms with Crippen LogP contribution in [-0.4, -0.2) is 4.98 Å². The number of H-pyrrole nitrogens is 1. The van der Waals surface area contributed by atoms with E-state index in [1.807, 2.05) is 29.8 Å². The largest absolute Gasteiger partial charge is 0.456 e. The van der Waals surface area contributed by atoms with Gasteiger partial charge in [-0.15, -0.1) is 0 Å². The van der Waals surface area contributed by atoms with Gasteiger partial charge in [-0.25, -0.2) is 8.78 Å². The maximum absolute atomic E-state index is 15.5. The summed E-state index contributed by atoms with van der Waals surface area (Å²) in [6.45, 7) is 0. The van der Waals surface area contributed by atoms with Crippen LogP contribution in [0.5, 0.6) is 11.5 Å². The number of aryl methyl sites for hydroxylation is 1. The van der Waals surface area contributed by atoms with E-state index in [1.54, 1.807) is 24.3 Å². The zero-order valence-corrected chi connectivity index (χ0v) is 16.4. The highest BCUT2D eigenvalue weighted by atomic mass is 19.1. The SMILES string of the molecule is C[n+]1c2c3c(cccc3c3c(F)cc(-c4ccc[nH]c4=O)cc31)Oc1ccc(F)cc1-2. The summed E-state index contributed by atoms with van der Waals surface area (Å²) in [6, 6.07) is 16.3. The topological polar surface area (TPSA) is 46.0 Å². The van der Waals surface area contributed by atoms with Gasteiger partial charge in [0.25, 0.3) is 5.56 Å². The number of nitrogens with one attached hydrogen (secondary N) is 1. The molecule has 0 fully saturated rings. The number of rotatable bonds is 1. The third-order valence-electron chi connectivity index (χ3n) is 5.84. The van der Waals surface area contributed by atoms with Crippen molar-refractivity contribution in [1.29, 1.82) is 0 Å². The minimum Gasteiger partial charge on any atom is -0.456 e. The second kappa shape index (κ2) is 6.22. The number of halogens is 2. The molecule has 6 rings (SSSR count). The van der Waals surface area contributed by atoms with E-state index >= 15 is 4.39 Å². The molecular weight excluding hydrogens is 398 g/mol. The van der Waals surface area contributed by atoms with Crippen LogP contribution in [0.2, 0.25) is 0 Å². The summed E-state index contributed by atoms with van der Waals surface area (Å²) < 4.78 is 37.5. The van der Waals surface area contributed by atoms with Crippen LogP contribution < -0.4 is 14.9 Å². The molecule has 1 N–H and O–H groups in total. The lowest BCUT2D eigenvalue weighted by Gasteiger charge is -2.20. The van der Waals surface area contributed by atoms with E-state index in [0.29, 0.717) is 44.5 Å². The molecule has 0 bridgehead atoms. The Morgan fingerprint density at radius 1 is 0.903 bits per heavy atom. The molecule has 2 aromatic heterocycles. The zero-order chi connectivity index (χ0) is 21.3. The second-order valence-electron chi connectivity index (χ2n) is 7.59. The molecule has 0 spiro atoms. The first-order valence-electron chi connectivity index (χ1n) is 9.77. The first-order chi connectivity index (χ1) is 15.0. The fourth-order valence-corrected chi connectivity index (χ4v) is 4.49. The van der Waals surface area contributed by atoms with Gasteiger partial charge < -0.3 is 9.72 Å². The Hall–Kier alpha value is -4.06. The predicted octanol–water partition coefficient (Wildman–Crippen LogP) is 5.22. The molecule has 0 radical (unpaired) electrons. The van der Waals surface area contributed by atoms with Crippen molar-refractivity contribution < 1.29 is 18.1 Å². The number of pyridine rings is 2. The molecule has 0 saturated carbocycles. The van der Waals surface area contributed by atoms with Crippen molar-refractivity contribution in [3.8, 4) is 33.9 Å². The third-order valence-corrected chi connectivity index (χ3v) is 5.84. The van der Waals surface area contributed by atoms with Crippen molar-refractivity contribution in [1.82, 2.24) is 4.98 Å². The lowest BCUT2D eigenvalue weighted by atomic mass is 9.94. The van der Waals surface area contributed by atoms with Gasteiger partial charge in [0.1, 0.15) is 30.2 Å². The Balaban J connectivity index is 1.81. The van der Waals surface area contributed by atoms with Crippen LogP contribution >= 0.6 is 0 Å². The van der Waals surface area contributed by atoms with E-state index in [4.69, 9.17) is 4.74 Å². The predicted molar refractivity (Wildman–Crippen MR) is 114 cm³/mol. The fraction of sp³-hybridized carbons (Fsp3) is 0.0400. The maximum Gasteiger partial charge on any atom is 0.255 e. The van der Waals surface area contributed by atoms with Gasteiger partial charge in [-0.05, 0) is 48.0 Å². The summed E-state index contributed by atoms with van der Waals surface area (Å²) in [5.74, 6) is 0.297. The number of benzene rings is 3. The summed E-state index contributed by atoms with van der Waals surface area (Å²) in [5, 5.41) is 1.81. The lowest BCUT2D eigenvalue weighted by molar-refractivity contribution is -0.632. The van der Waals surface area contributed by atoms with Gasteiger partial charge in [0.2, 0.25) is 11.2 Å². The van der Waals surface area contributed by atoms with Crippen molar-refractivity contribution in [2.24, 2.45) is 7.05 Å². The Bertz CT molecular complexity index is 1620. The number of ether oxygens (including phenoxy) is 1. The summed E-state index contributed by atoms with van der Waals surface area (Å²) in [4.78, 5) is 14.9. The van der Waals surface area contributed by atoms with E-state index in [1.165, 1.54) is 24.4 Å². The summed E-state index contributed by atoms with van der Waals surface area (Å²) in [7, 11) is 1.81. The van der Waals surface area contributed by atoms with Gasteiger partial charge in [-0.3, -0.25) is 4.79 Å². The van der Waals surface area contributed by atoms with E-state index < -0.39 is 5.82 Å². The van der Waals surface area contributed by atoms with Crippen LogP contribution in [0, 0.1) is 11.6 Å². The molecule has 1 aliphatic heterocycles. The molecule has 0 amide bonds. The van der Waals surface area contributed by atoms with Crippen molar-refractivity contribution in [3.05, 3.63) is 88.8 Å². The maximum atomic E-state index is 15.5. The number of hydrogen-bond donors (Lipinski definition) is 1. The minimum atomic E-state index is -0.444. The van der Waals surface area contributed by atoms with Gasteiger partial charge in [0, 0.05) is 23.2 Å². The van der Waals surface area contributed by atoms with Gasteiger partial charge in [0.15, 0.2) is 0 Å². The molecule has 0 saturated heterocycles. The smallest absolute Gasteiger partial charge is 0.255 e. The van der Waals surface area contributed by atoms with Crippen molar-refractivity contribution >= 4 is 21.7 Å². The third kappa shape index (κ3) is 2.45. The Kier molecular flexibility index (Phi) is 3.56. The van der Waals surface area contributed by atoms with Gasteiger partial charge >= 0.3 is 0 Å².